The standard InChI is InChI=1S/C15H20BrNO2/c1-11(6-8-16)7-9-19-13-3-4-14-12(10-13)2-5-15(18)17-14/h3-4,10-11H,2,5-9H2,1H3,(H,17,18). The molecular formula is C15H20BrNO2. The van der Waals surface area contributed by atoms with E-state index < -0.39 is 0 Å². The smallest absolute Gasteiger partial charge is 0.224 e. The number of fused-ring (bicyclic) bond motifs is 1. The summed E-state index contributed by atoms with van der Waals surface area (Å²) in [6, 6.07) is 5.91. The van der Waals surface area contributed by atoms with Crippen LogP contribution in [0.1, 0.15) is 31.7 Å². The first-order chi connectivity index (χ1) is 9.19. The van der Waals surface area contributed by atoms with E-state index in [4.69, 9.17) is 4.74 Å². The highest BCUT2D eigenvalue weighted by Crippen LogP contribution is 2.27. The quantitative estimate of drug-likeness (QED) is 0.809. The van der Waals surface area contributed by atoms with Crippen LogP contribution in [0.15, 0.2) is 18.2 Å². The number of amides is 1. The monoisotopic (exact) mass is 325 g/mol. The maximum atomic E-state index is 11.3. The third-order valence-electron chi connectivity index (χ3n) is 3.45. The van der Waals surface area contributed by atoms with Crippen LogP contribution in [0.5, 0.6) is 5.75 Å². The van der Waals surface area contributed by atoms with E-state index in [9.17, 15) is 4.79 Å². The molecule has 1 N–H and O–H groups in total. The van der Waals surface area contributed by atoms with Crippen molar-refractivity contribution in [1.29, 1.82) is 0 Å². The van der Waals surface area contributed by atoms with E-state index >= 15 is 0 Å². The lowest BCUT2D eigenvalue weighted by atomic mass is 10.0. The van der Waals surface area contributed by atoms with Crippen LogP contribution in [0.4, 0.5) is 5.69 Å². The minimum Gasteiger partial charge on any atom is -0.494 e. The molecule has 0 aromatic heterocycles. The van der Waals surface area contributed by atoms with Crippen molar-refractivity contribution in [2.45, 2.75) is 32.6 Å². The molecule has 1 aromatic rings. The van der Waals surface area contributed by atoms with Crippen LogP contribution in [0.25, 0.3) is 0 Å². The number of halogens is 1. The van der Waals surface area contributed by atoms with Crippen LogP contribution in [-0.4, -0.2) is 17.8 Å². The Bertz CT molecular complexity index is 448. The van der Waals surface area contributed by atoms with Gasteiger partial charge in [0.25, 0.3) is 0 Å². The third-order valence-corrected chi connectivity index (χ3v) is 3.91. The summed E-state index contributed by atoms with van der Waals surface area (Å²) in [7, 11) is 0. The van der Waals surface area contributed by atoms with Gasteiger partial charge in [-0.05, 0) is 48.9 Å². The average Bonchev–Trinajstić information content (AvgIpc) is 2.39. The second-order valence-corrected chi connectivity index (χ2v) is 5.88. The molecule has 0 fully saturated rings. The average molecular weight is 326 g/mol. The van der Waals surface area contributed by atoms with Crippen LogP contribution >= 0.6 is 15.9 Å². The van der Waals surface area contributed by atoms with Gasteiger partial charge < -0.3 is 10.1 Å². The number of carbonyl (C=O) groups is 1. The minimum atomic E-state index is 0.102. The number of aryl methyl sites for hydroxylation is 1. The number of ether oxygens (including phenoxy) is 1. The van der Waals surface area contributed by atoms with E-state index in [0.717, 1.165) is 36.2 Å². The van der Waals surface area contributed by atoms with Gasteiger partial charge in [-0.2, -0.15) is 0 Å². The van der Waals surface area contributed by atoms with Crippen LogP contribution in [0.3, 0.4) is 0 Å². The van der Waals surface area contributed by atoms with E-state index in [0.29, 0.717) is 12.3 Å². The molecule has 0 bridgehead atoms. The van der Waals surface area contributed by atoms with Gasteiger partial charge in [0.2, 0.25) is 5.91 Å². The number of benzene rings is 1. The fourth-order valence-corrected chi connectivity index (χ4v) is 2.94. The first kappa shape index (κ1) is 14.4. The Kier molecular flexibility index (Phi) is 5.25. The van der Waals surface area contributed by atoms with Crippen molar-refractivity contribution < 1.29 is 9.53 Å². The first-order valence-electron chi connectivity index (χ1n) is 6.80. The van der Waals surface area contributed by atoms with Gasteiger partial charge in [0.15, 0.2) is 0 Å². The molecule has 1 aliphatic rings. The van der Waals surface area contributed by atoms with Crippen molar-refractivity contribution in [3.8, 4) is 5.75 Å². The zero-order valence-electron chi connectivity index (χ0n) is 11.2. The van der Waals surface area contributed by atoms with Crippen molar-refractivity contribution in [2.24, 2.45) is 5.92 Å². The van der Waals surface area contributed by atoms with Crippen LogP contribution in [0, 0.1) is 5.92 Å². The lowest BCUT2D eigenvalue weighted by molar-refractivity contribution is -0.116. The van der Waals surface area contributed by atoms with Crippen LogP contribution < -0.4 is 10.1 Å². The number of rotatable bonds is 6. The molecule has 0 aliphatic carbocycles. The molecular weight excluding hydrogens is 306 g/mol. The Morgan fingerprint density at radius 2 is 2.21 bits per heavy atom. The van der Waals surface area contributed by atoms with Crippen molar-refractivity contribution in [3.05, 3.63) is 23.8 Å². The molecule has 1 aromatic carbocycles. The number of anilines is 1. The minimum absolute atomic E-state index is 0.102. The molecule has 0 saturated heterocycles. The second kappa shape index (κ2) is 6.94. The molecule has 4 heteroatoms. The van der Waals surface area contributed by atoms with E-state index in [-0.39, 0.29) is 5.91 Å². The van der Waals surface area contributed by atoms with Gasteiger partial charge in [0, 0.05) is 17.4 Å². The van der Waals surface area contributed by atoms with Gasteiger partial charge in [-0.15, -0.1) is 0 Å². The molecule has 1 unspecified atom stereocenters. The molecule has 1 aliphatic heterocycles. The van der Waals surface area contributed by atoms with Gasteiger partial charge >= 0.3 is 0 Å². The molecule has 1 heterocycles. The lowest BCUT2D eigenvalue weighted by Gasteiger charge is -2.18. The molecule has 2 rings (SSSR count). The number of carbonyl (C=O) groups excluding carboxylic acids is 1. The Hall–Kier alpha value is -1.03. The maximum Gasteiger partial charge on any atom is 0.224 e. The Balaban J connectivity index is 1.86. The lowest BCUT2D eigenvalue weighted by Crippen LogP contribution is -2.18. The predicted molar refractivity (Wildman–Crippen MR) is 81.1 cm³/mol. The summed E-state index contributed by atoms with van der Waals surface area (Å²) in [5.41, 5.74) is 2.10. The molecule has 19 heavy (non-hydrogen) atoms. The summed E-state index contributed by atoms with van der Waals surface area (Å²) in [5, 5.41) is 3.93. The Morgan fingerprint density at radius 1 is 1.37 bits per heavy atom. The zero-order chi connectivity index (χ0) is 13.7. The summed E-state index contributed by atoms with van der Waals surface area (Å²) in [5.74, 6) is 1.68. The predicted octanol–water partition coefficient (Wildman–Crippen LogP) is 3.76. The van der Waals surface area contributed by atoms with Gasteiger partial charge in [-0.1, -0.05) is 22.9 Å². The fourth-order valence-electron chi connectivity index (χ4n) is 2.16. The van der Waals surface area contributed by atoms with E-state index in [1.165, 1.54) is 12.0 Å². The Morgan fingerprint density at radius 3 is 3.00 bits per heavy atom. The fraction of sp³-hybridized carbons (Fsp3) is 0.533. The summed E-state index contributed by atoms with van der Waals surface area (Å²) < 4.78 is 5.79. The van der Waals surface area contributed by atoms with Gasteiger partial charge in [0.05, 0.1) is 6.61 Å². The largest absolute Gasteiger partial charge is 0.494 e. The summed E-state index contributed by atoms with van der Waals surface area (Å²) in [6.45, 7) is 2.99. The number of hydrogen-bond acceptors (Lipinski definition) is 2. The summed E-state index contributed by atoms with van der Waals surface area (Å²) in [4.78, 5) is 11.3. The normalized spacial score (nSPS) is 15.6. The van der Waals surface area contributed by atoms with E-state index in [1.54, 1.807) is 0 Å². The summed E-state index contributed by atoms with van der Waals surface area (Å²) >= 11 is 3.46. The van der Waals surface area contributed by atoms with Crippen molar-refractivity contribution in [2.75, 3.05) is 17.3 Å². The van der Waals surface area contributed by atoms with Gasteiger partial charge in [-0.25, -0.2) is 0 Å². The highest BCUT2D eigenvalue weighted by atomic mass is 79.9. The third kappa shape index (κ3) is 4.23. The van der Waals surface area contributed by atoms with Crippen LogP contribution in [0.2, 0.25) is 0 Å². The van der Waals surface area contributed by atoms with E-state index in [1.807, 2.05) is 18.2 Å². The van der Waals surface area contributed by atoms with Crippen molar-refractivity contribution >= 4 is 27.5 Å². The topological polar surface area (TPSA) is 38.3 Å². The van der Waals surface area contributed by atoms with Gasteiger partial charge in [-0.3, -0.25) is 4.79 Å². The highest BCUT2D eigenvalue weighted by molar-refractivity contribution is 9.09. The molecule has 3 nitrogen and oxygen atoms in total. The van der Waals surface area contributed by atoms with Crippen molar-refractivity contribution in [1.82, 2.24) is 0 Å². The first-order valence-corrected chi connectivity index (χ1v) is 7.92. The molecule has 0 radical (unpaired) electrons. The molecule has 0 spiro atoms. The van der Waals surface area contributed by atoms with Crippen molar-refractivity contribution in [3.63, 3.8) is 0 Å². The highest BCUT2D eigenvalue weighted by Gasteiger charge is 2.15. The molecule has 104 valence electrons. The Labute approximate surface area is 122 Å². The molecule has 1 atom stereocenters. The van der Waals surface area contributed by atoms with Gasteiger partial charge in [0.1, 0.15) is 5.75 Å². The zero-order valence-corrected chi connectivity index (χ0v) is 12.8. The van der Waals surface area contributed by atoms with Crippen LogP contribution in [-0.2, 0) is 11.2 Å². The molecule has 1 amide bonds. The number of hydrogen-bond donors (Lipinski definition) is 1. The number of nitrogens with one attached hydrogen (secondary N) is 1. The summed E-state index contributed by atoms with van der Waals surface area (Å²) in [6.07, 6.45) is 3.62. The number of alkyl halides is 1. The van der Waals surface area contributed by atoms with E-state index in [2.05, 4.69) is 28.2 Å². The SMILES string of the molecule is CC(CCBr)CCOc1ccc2c(c1)CCC(=O)N2. The second-order valence-electron chi connectivity index (χ2n) is 5.09. The maximum absolute atomic E-state index is 11.3. The molecule has 0 saturated carbocycles.